The summed E-state index contributed by atoms with van der Waals surface area (Å²) in [6, 6.07) is 11.3. The molecule has 3 rings (SSSR count). The molecule has 1 N–H and O–H groups in total. The highest BCUT2D eigenvalue weighted by atomic mass is 32.1. The first-order valence-corrected chi connectivity index (χ1v) is 10.9. The molecule has 0 atom stereocenters. The van der Waals surface area contributed by atoms with E-state index in [0.717, 1.165) is 16.1 Å². The zero-order chi connectivity index (χ0) is 21.3. The molecule has 0 unspecified atom stereocenters. The zero-order valence-electron chi connectivity index (χ0n) is 17.4. The minimum absolute atomic E-state index is 0.213. The van der Waals surface area contributed by atoms with Crippen molar-refractivity contribution < 1.29 is 19.0 Å². The number of benzene rings is 1. The van der Waals surface area contributed by atoms with Crippen LogP contribution in [0.4, 0.5) is 0 Å². The summed E-state index contributed by atoms with van der Waals surface area (Å²) in [7, 11) is 0. The minimum atomic E-state index is -0.213. The van der Waals surface area contributed by atoms with Crippen LogP contribution in [-0.4, -0.2) is 30.7 Å². The number of nitrogens with zero attached hydrogens (tertiary/aromatic N) is 1. The Morgan fingerprint density at radius 3 is 2.30 bits per heavy atom. The summed E-state index contributed by atoms with van der Waals surface area (Å²) in [4.78, 5) is 18.3. The fourth-order valence-electron chi connectivity index (χ4n) is 2.95. The predicted octanol–water partition coefficient (Wildman–Crippen LogP) is 4.94. The predicted molar refractivity (Wildman–Crippen MR) is 119 cm³/mol. The van der Waals surface area contributed by atoms with Gasteiger partial charge in [-0.2, -0.15) is 0 Å². The van der Waals surface area contributed by atoms with Gasteiger partial charge in [-0.25, -0.2) is 0 Å². The molecule has 6 nitrogen and oxygen atoms in total. The SMILES string of the molecule is CCOc1cc(C(=O)NCc2ccnc(-c3cccs3)c2)cc(OCC)c1OCC. The van der Waals surface area contributed by atoms with Crippen LogP contribution >= 0.6 is 11.3 Å². The second-order valence-electron chi connectivity index (χ2n) is 6.31. The molecule has 0 radical (unpaired) electrons. The Hall–Kier alpha value is -3.06. The standard InChI is InChI=1S/C23H26N2O4S/c1-4-27-19-13-17(14-20(28-5-2)22(19)29-6-3)23(26)25-15-16-9-10-24-18(12-16)21-8-7-11-30-21/h7-14H,4-6,15H2,1-3H3,(H,25,26). The first kappa shape index (κ1) is 21.6. The molecule has 2 heterocycles. The minimum Gasteiger partial charge on any atom is -0.490 e. The summed E-state index contributed by atoms with van der Waals surface area (Å²) in [5, 5.41) is 4.98. The maximum absolute atomic E-state index is 12.8. The fourth-order valence-corrected chi connectivity index (χ4v) is 3.64. The van der Waals surface area contributed by atoms with Crippen molar-refractivity contribution in [2.45, 2.75) is 27.3 Å². The number of thiophene rings is 1. The third kappa shape index (κ3) is 5.30. The molecule has 0 fully saturated rings. The van der Waals surface area contributed by atoms with Crippen LogP contribution < -0.4 is 19.5 Å². The van der Waals surface area contributed by atoms with E-state index >= 15 is 0 Å². The van der Waals surface area contributed by atoms with Crippen LogP contribution in [0.2, 0.25) is 0 Å². The van der Waals surface area contributed by atoms with Gasteiger partial charge < -0.3 is 19.5 Å². The molecule has 0 aliphatic heterocycles. The summed E-state index contributed by atoms with van der Waals surface area (Å²) >= 11 is 1.63. The Kier molecular flexibility index (Phi) is 7.68. The first-order valence-electron chi connectivity index (χ1n) is 9.99. The van der Waals surface area contributed by atoms with E-state index in [2.05, 4.69) is 10.3 Å². The van der Waals surface area contributed by atoms with Crippen molar-refractivity contribution in [3.05, 3.63) is 59.1 Å². The molecule has 1 amide bonds. The number of aromatic nitrogens is 1. The lowest BCUT2D eigenvalue weighted by molar-refractivity contribution is 0.0949. The average Bonchev–Trinajstić information content (AvgIpc) is 3.30. The molecule has 2 aromatic heterocycles. The van der Waals surface area contributed by atoms with E-state index in [1.165, 1.54) is 0 Å². The van der Waals surface area contributed by atoms with Gasteiger partial charge in [0, 0.05) is 18.3 Å². The van der Waals surface area contributed by atoms with E-state index < -0.39 is 0 Å². The van der Waals surface area contributed by atoms with Gasteiger partial charge in [0.1, 0.15) is 0 Å². The van der Waals surface area contributed by atoms with E-state index in [1.54, 1.807) is 29.7 Å². The Morgan fingerprint density at radius 1 is 1.00 bits per heavy atom. The molecule has 0 saturated heterocycles. The normalized spacial score (nSPS) is 10.5. The van der Waals surface area contributed by atoms with E-state index in [0.29, 0.717) is 49.2 Å². The van der Waals surface area contributed by atoms with Crippen LogP contribution in [0.5, 0.6) is 17.2 Å². The van der Waals surface area contributed by atoms with Crippen LogP contribution in [-0.2, 0) is 6.54 Å². The summed E-state index contributed by atoms with van der Waals surface area (Å²) in [6.45, 7) is 7.44. The van der Waals surface area contributed by atoms with Crippen LogP contribution in [0.1, 0.15) is 36.7 Å². The topological polar surface area (TPSA) is 69.7 Å². The monoisotopic (exact) mass is 426 g/mol. The Bertz CT molecular complexity index is 946. The molecule has 0 aliphatic carbocycles. The molecule has 30 heavy (non-hydrogen) atoms. The van der Waals surface area contributed by atoms with E-state index in [-0.39, 0.29) is 5.91 Å². The van der Waals surface area contributed by atoms with Crippen molar-refractivity contribution in [3.63, 3.8) is 0 Å². The van der Waals surface area contributed by atoms with Gasteiger partial charge in [-0.05, 0) is 62.0 Å². The average molecular weight is 427 g/mol. The fraction of sp³-hybridized carbons (Fsp3) is 0.304. The van der Waals surface area contributed by atoms with Crippen molar-refractivity contribution in [2.75, 3.05) is 19.8 Å². The summed E-state index contributed by atoms with van der Waals surface area (Å²) in [5.41, 5.74) is 2.33. The lowest BCUT2D eigenvalue weighted by Gasteiger charge is -2.17. The summed E-state index contributed by atoms with van der Waals surface area (Å²) in [6.07, 6.45) is 1.76. The van der Waals surface area contributed by atoms with E-state index in [1.807, 2.05) is 50.4 Å². The largest absolute Gasteiger partial charge is 0.490 e. The van der Waals surface area contributed by atoms with Crippen molar-refractivity contribution in [1.82, 2.24) is 10.3 Å². The number of hydrogen-bond donors (Lipinski definition) is 1. The molecular formula is C23H26N2O4S. The van der Waals surface area contributed by atoms with E-state index in [4.69, 9.17) is 14.2 Å². The van der Waals surface area contributed by atoms with Gasteiger partial charge in [-0.1, -0.05) is 6.07 Å². The maximum atomic E-state index is 12.8. The highest BCUT2D eigenvalue weighted by Gasteiger charge is 2.18. The number of nitrogens with one attached hydrogen (secondary N) is 1. The number of hydrogen-bond acceptors (Lipinski definition) is 6. The zero-order valence-corrected chi connectivity index (χ0v) is 18.3. The lowest BCUT2D eigenvalue weighted by Crippen LogP contribution is -2.23. The number of amides is 1. The van der Waals surface area contributed by atoms with Crippen molar-refractivity contribution in [1.29, 1.82) is 0 Å². The van der Waals surface area contributed by atoms with Gasteiger partial charge in [-0.15, -0.1) is 11.3 Å². The Balaban J connectivity index is 1.78. The van der Waals surface area contributed by atoms with Gasteiger partial charge in [0.25, 0.3) is 5.91 Å². The molecule has 158 valence electrons. The van der Waals surface area contributed by atoms with Crippen molar-refractivity contribution in [3.8, 4) is 27.8 Å². The molecule has 1 aromatic carbocycles. The number of carbonyl (C=O) groups excluding carboxylic acids is 1. The second kappa shape index (κ2) is 10.6. The maximum Gasteiger partial charge on any atom is 0.251 e. The Labute approximate surface area is 180 Å². The number of ether oxygens (including phenoxy) is 3. The van der Waals surface area contributed by atoms with Crippen LogP contribution in [0.3, 0.4) is 0 Å². The highest BCUT2D eigenvalue weighted by molar-refractivity contribution is 7.13. The smallest absolute Gasteiger partial charge is 0.251 e. The molecule has 0 spiro atoms. The number of rotatable bonds is 10. The lowest BCUT2D eigenvalue weighted by atomic mass is 10.1. The number of pyridine rings is 1. The van der Waals surface area contributed by atoms with E-state index in [9.17, 15) is 4.79 Å². The summed E-state index contributed by atoms with van der Waals surface area (Å²) in [5.74, 6) is 1.31. The molecule has 0 bridgehead atoms. The molecule has 3 aromatic rings. The van der Waals surface area contributed by atoms with Crippen LogP contribution in [0.25, 0.3) is 10.6 Å². The van der Waals surface area contributed by atoms with Gasteiger partial charge in [0.05, 0.1) is 30.4 Å². The third-order valence-electron chi connectivity index (χ3n) is 4.22. The number of carbonyl (C=O) groups is 1. The molecule has 7 heteroatoms. The Morgan fingerprint density at radius 2 is 1.70 bits per heavy atom. The quantitative estimate of drug-likeness (QED) is 0.497. The highest BCUT2D eigenvalue weighted by Crippen LogP contribution is 2.39. The molecular weight excluding hydrogens is 400 g/mol. The van der Waals surface area contributed by atoms with Crippen LogP contribution in [0, 0.1) is 0 Å². The molecule has 0 aliphatic rings. The van der Waals surface area contributed by atoms with Crippen molar-refractivity contribution >= 4 is 17.2 Å². The summed E-state index contributed by atoms with van der Waals surface area (Å²) < 4.78 is 17.1. The van der Waals surface area contributed by atoms with Gasteiger partial charge in [-0.3, -0.25) is 9.78 Å². The van der Waals surface area contributed by atoms with Gasteiger partial charge >= 0.3 is 0 Å². The van der Waals surface area contributed by atoms with Gasteiger partial charge in [0.2, 0.25) is 5.75 Å². The molecule has 0 saturated carbocycles. The van der Waals surface area contributed by atoms with Gasteiger partial charge in [0.15, 0.2) is 11.5 Å². The third-order valence-corrected chi connectivity index (χ3v) is 5.11. The van der Waals surface area contributed by atoms with Crippen LogP contribution in [0.15, 0.2) is 48.0 Å². The second-order valence-corrected chi connectivity index (χ2v) is 7.26. The first-order chi connectivity index (χ1) is 14.7. The van der Waals surface area contributed by atoms with Crippen molar-refractivity contribution in [2.24, 2.45) is 0 Å².